The second-order valence-corrected chi connectivity index (χ2v) is 6.12. The summed E-state index contributed by atoms with van der Waals surface area (Å²) in [6.45, 7) is 2.96. The van der Waals surface area contributed by atoms with E-state index in [1.54, 1.807) is 6.92 Å². The number of nitrogens with one attached hydrogen (secondary N) is 1. The summed E-state index contributed by atoms with van der Waals surface area (Å²) < 4.78 is 4.91. The zero-order valence-corrected chi connectivity index (χ0v) is 14.0. The Bertz CT molecular complexity index is 758. The van der Waals surface area contributed by atoms with Gasteiger partial charge in [-0.15, -0.1) is 11.3 Å². The molecular weight excluding hydrogens is 332 g/mol. The monoisotopic (exact) mass is 348 g/mol. The van der Waals surface area contributed by atoms with Gasteiger partial charge in [0.15, 0.2) is 6.61 Å². The minimum Gasteiger partial charge on any atom is -0.452 e. The van der Waals surface area contributed by atoms with Crippen molar-refractivity contribution in [3.05, 3.63) is 61.8 Å². The second-order valence-electron chi connectivity index (χ2n) is 5.14. The number of hydrogen-bond donors (Lipinski definition) is 1. The van der Waals surface area contributed by atoms with Crippen LogP contribution in [0.25, 0.3) is 0 Å². The molecule has 8 heteroatoms. The van der Waals surface area contributed by atoms with Crippen LogP contribution >= 0.6 is 11.3 Å². The minimum atomic E-state index is -0.781. The molecule has 1 N–H and O–H groups in total. The normalized spacial score (nSPS) is 11.6. The maximum absolute atomic E-state index is 11.9. The molecule has 0 aliphatic carbocycles. The molecule has 0 radical (unpaired) electrons. The zero-order valence-electron chi connectivity index (χ0n) is 13.1. The van der Waals surface area contributed by atoms with Gasteiger partial charge in [0.25, 0.3) is 11.6 Å². The fourth-order valence-electron chi connectivity index (χ4n) is 2.04. The fourth-order valence-corrected chi connectivity index (χ4v) is 2.77. The molecule has 7 nitrogen and oxygen atoms in total. The molecule has 0 saturated carbocycles. The Hall–Kier alpha value is -2.74. The molecule has 0 bridgehead atoms. The van der Waals surface area contributed by atoms with Crippen LogP contribution in [0.2, 0.25) is 0 Å². The van der Waals surface area contributed by atoms with E-state index in [9.17, 15) is 19.7 Å². The van der Waals surface area contributed by atoms with E-state index in [1.807, 2.05) is 24.4 Å². The lowest BCUT2D eigenvalue weighted by atomic mass is 10.1. The number of thiophene rings is 1. The average molecular weight is 348 g/mol. The van der Waals surface area contributed by atoms with E-state index < -0.39 is 23.4 Å². The van der Waals surface area contributed by atoms with Crippen molar-refractivity contribution < 1.29 is 19.2 Å². The van der Waals surface area contributed by atoms with Gasteiger partial charge >= 0.3 is 5.97 Å². The number of nitro benzene ring substituents is 1. The molecule has 0 saturated heterocycles. The summed E-state index contributed by atoms with van der Waals surface area (Å²) in [6, 6.07) is 7.63. The third kappa shape index (κ3) is 4.39. The van der Waals surface area contributed by atoms with Gasteiger partial charge in [-0.3, -0.25) is 14.9 Å². The van der Waals surface area contributed by atoms with Crippen LogP contribution in [-0.4, -0.2) is 23.4 Å². The van der Waals surface area contributed by atoms with Crippen molar-refractivity contribution in [3.8, 4) is 0 Å². The van der Waals surface area contributed by atoms with Gasteiger partial charge in [-0.2, -0.15) is 0 Å². The Labute approximate surface area is 142 Å². The minimum absolute atomic E-state index is 0.0337. The lowest BCUT2D eigenvalue weighted by molar-refractivity contribution is -0.385. The van der Waals surface area contributed by atoms with Gasteiger partial charge in [0, 0.05) is 16.5 Å². The lowest BCUT2D eigenvalue weighted by Crippen LogP contribution is -2.30. The van der Waals surface area contributed by atoms with E-state index in [1.165, 1.54) is 23.5 Å². The molecule has 2 rings (SSSR count). The third-order valence-corrected chi connectivity index (χ3v) is 4.38. The van der Waals surface area contributed by atoms with Crippen LogP contribution in [0, 0.1) is 17.0 Å². The first-order chi connectivity index (χ1) is 11.4. The van der Waals surface area contributed by atoms with E-state index in [0.29, 0.717) is 5.56 Å². The highest BCUT2D eigenvalue weighted by atomic mass is 32.1. The number of hydrogen-bond acceptors (Lipinski definition) is 6. The number of rotatable bonds is 6. The van der Waals surface area contributed by atoms with Crippen molar-refractivity contribution in [2.45, 2.75) is 19.9 Å². The number of aryl methyl sites for hydroxylation is 1. The second kappa shape index (κ2) is 7.69. The fraction of sp³-hybridized carbons (Fsp3) is 0.250. The van der Waals surface area contributed by atoms with Gasteiger partial charge < -0.3 is 10.1 Å². The summed E-state index contributed by atoms with van der Waals surface area (Å²) in [5, 5.41) is 15.5. The average Bonchev–Trinajstić information content (AvgIpc) is 3.07. The Morgan fingerprint density at radius 3 is 2.75 bits per heavy atom. The van der Waals surface area contributed by atoms with Gasteiger partial charge in [0.1, 0.15) is 0 Å². The maximum atomic E-state index is 11.9. The van der Waals surface area contributed by atoms with E-state index in [-0.39, 0.29) is 17.3 Å². The summed E-state index contributed by atoms with van der Waals surface area (Å²) in [6.07, 6.45) is 0. The predicted octanol–water partition coefficient (Wildman–Crippen LogP) is 3.00. The predicted molar refractivity (Wildman–Crippen MR) is 89.0 cm³/mol. The highest BCUT2D eigenvalue weighted by Crippen LogP contribution is 2.20. The van der Waals surface area contributed by atoms with Crippen molar-refractivity contribution >= 4 is 28.9 Å². The maximum Gasteiger partial charge on any atom is 0.338 e. The summed E-state index contributed by atoms with van der Waals surface area (Å²) in [5.41, 5.74) is 0.311. The topological polar surface area (TPSA) is 98.5 Å². The quantitative estimate of drug-likeness (QED) is 0.491. The van der Waals surface area contributed by atoms with E-state index >= 15 is 0 Å². The van der Waals surface area contributed by atoms with Crippen molar-refractivity contribution in [2.75, 3.05) is 6.61 Å². The van der Waals surface area contributed by atoms with Crippen LogP contribution in [0.15, 0.2) is 35.7 Å². The van der Waals surface area contributed by atoms with Crippen LogP contribution < -0.4 is 5.32 Å². The number of carbonyl (C=O) groups excluding carboxylic acids is 2. The number of benzene rings is 1. The molecule has 0 aliphatic rings. The molecule has 0 fully saturated rings. The van der Waals surface area contributed by atoms with Gasteiger partial charge in [0.2, 0.25) is 0 Å². The SMILES string of the molecule is Cc1ccc(C(=O)OCC(=O)N[C@H](C)c2cccs2)cc1[N+](=O)[O-]. The molecule has 2 aromatic rings. The Morgan fingerprint density at radius 2 is 2.12 bits per heavy atom. The molecule has 1 aromatic heterocycles. The smallest absolute Gasteiger partial charge is 0.338 e. The molecule has 126 valence electrons. The van der Waals surface area contributed by atoms with E-state index in [4.69, 9.17) is 4.74 Å². The number of esters is 1. The van der Waals surface area contributed by atoms with Gasteiger partial charge in [-0.1, -0.05) is 12.1 Å². The zero-order chi connectivity index (χ0) is 17.7. The van der Waals surface area contributed by atoms with Gasteiger partial charge in [-0.05, 0) is 31.4 Å². The Balaban J connectivity index is 1.92. The summed E-state index contributed by atoms with van der Waals surface area (Å²) in [4.78, 5) is 35.1. The Kier molecular flexibility index (Phi) is 5.64. The first-order valence-corrected chi connectivity index (χ1v) is 8.01. The number of amides is 1. The van der Waals surface area contributed by atoms with Crippen LogP contribution in [0.1, 0.15) is 33.8 Å². The van der Waals surface area contributed by atoms with Gasteiger partial charge in [0.05, 0.1) is 16.5 Å². The Morgan fingerprint density at radius 1 is 1.38 bits per heavy atom. The van der Waals surface area contributed by atoms with Crippen molar-refractivity contribution in [2.24, 2.45) is 0 Å². The first kappa shape index (κ1) is 17.6. The van der Waals surface area contributed by atoms with Crippen LogP contribution in [0.5, 0.6) is 0 Å². The van der Waals surface area contributed by atoms with Crippen LogP contribution in [-0.2, 0) is 9.53 Å². The van der Waals surface area contributed by atoms with Crippen molar-refractivity contribution in [1.82, 2.24) is 5.32 Å². The number of nitro groups is 1. The molecule has 0 spiro atoms. The summed E-state index contributed by atoms with van der Waals surface area (Å²) in [7, 11) is 0. The number of ether oxygens (including phenoxy) is 1. The van der Waals surface area contributed by atoms with E-state index in [0.717, 1.165) is 10.9 Å². The number of carbonyl (C=O) groups is 2. The molecule has 1 aromatic carbocycles. The highest BCUT2D eigenvalue weighted by molar-refractivity contribution is 7.10. The summed E-state index contributed by atoms with van der Waals surface area (Å²) in [5.74, 6) is -1.22. The largest absolute Gasteiger partial charge is 0.452 e. The third-order valence-electron chi connectivity index (χ3n) is 3.32. The van der Waals surface area contributed by atoms with E-state index in [2.05, 4.69) is 5.32 Å². The molecule has 1 atom stereocenters. The van der Waals surface area contributed by atoms with Crippen LogP contribution in [0.4, 0.5) is 5.69 Å². The standard InChI is InChI=1S/C16H16N2O5S/c1-10-5-6-12(8-13(10)18(21)22)16(20)23-9-15(19)17-11(2)14-4-3-7-24-14/h3-8,11H,9H2,1-2H3,(H,17,19)/t11-/m1/s1. The van der Waals surface area contributed by atoms with Crippen molar-refractivity contribution in [1.29, 1.82) is 0 Å². The molecule has 1 amide bonds. The molecule has 0 unspecified atom stereocenters. The lowest BCUT2D eigenvalue weighted by Gasteiger charge is -2.12. The number of nitrogens with zero attached hydrogens (tertiary/aromatic N) is 1. The molecule has 24 heavy (non-hydrogen) atoms. The van der Waals surface area contributed by atoms with Crippen molar-refractivity contribution in [3.63, 3.8) is 0 Å². The molecule has 0 aliphatic heterocycles. The van der Waals surface area contributed by atoms with Crippen LogP contribution in [0.3, 0.4) is 0 Å². The van der Waals surface area contributed by atoms with Gasteiger partial charge in [-0.25, -0.2) is 4.79 Å². The highest BCUT2D eigenvalue weighted by Gasteiger charge is 2.17. The molecular formula is C16H16N2O5S. The first-order valence-electron chi connectivity index (χ1n) is 7.13. The molecule has 1 heterocycles. The summed E-state index contributed by atoms with van der Waals surface area (Å²) >= 11 is 1.51.